The van der Waals surface area contributed by atoms with Crippen molar-refractivity contribution in [3.8, 4) is 5.75 Å². The molecule has 8 heteroatoms. The van der Waals surface area contributed by atoms with Crippen LogP contribution in [0.25, 0.3) is 0 Å². The van der Waals surface area contributed by atoms with E-state index in [1.807, 2.05) is 0 Å². The van der Waals surface area contributed by atoms with E-state index in [0.29, 0.717) is 12.4 Å². The highest BCUT2D eigenvalue weighted by Crippen LogP contribution is 2.31. The Morgan fingerprint density at radius 3 is 2.64 bits per heavy atom. The van der Waals surface area contributed by atoms with E-state index < -0.39 is 23.2 Å². The van der Waals surface area contributed by atoms with E-state index in [1.165, 1.54) is 11.7 Å². The lowest BCUT2D eigenvalue weighted by atomic mass is 10.1. The summed E-state index contributed by atoms with van der Waals surface area (Å²) in [5.41, 5.74) is -0.605. The maximum atomic E-state index is 12.8. The number of fused-ring (bicyclic) bond motifs is 1. The molecule has 1 aliphatic rings. The molecule has 0 fully saturated rings. The first-order valence-corrected chi connectivity index (χ1v) is 8.59. The van der Waals surface area contributed by atoms with Crippen LogP contribution in [0.5, 0.6) is 5.75 Å². The molecule has 0 bridgehead atoms. The van der Waals surface area contributed by atoms with Crippen LogP contribution in [-0.2, 0) is 11.3 Å². The van der Waals surface area contributed by atoms with Gasteiger partial charge in [-0.2, -0.15) is 0 Å². The summed E-state index contributed by atoms with van der Waals surface area (Å²) >= 11 is 3.46. The maximum Gasteiger partial charge on any atom is 0.360 e. The second kappa shape index (κ2) is 7.18. The summed E-state index contributed by atoms with van der Waals surface area (Å²) in [5, 5.41) is 0. The van der Waals surface area contributed by atoms with Gasteiger partial charge in [0, 0.05) is 6.54 Å². The van der Waals surface area contributed by atoms with Gasteiger partial charge in [0.25, 0.3) is 5.56 Å². The molecule has 2 heterocycles. The Morgan fingerprint density at radius 2 is 1.96 bits per heavy atom. The summed E-state index contributed by atoms with van der Waals surface area (Å²) in [6.07, 6.45) is 1.56. The molecule has 0 saturated carbocycles. The minimum absolute atomic E-state index is 0.156. The number of aromatic nitrogens is 2. The molecule has 0 amide bonds. The van der Waals surface area contributed by atoms with Gasteiger partial charge < -0.3 is 9.47 Å². The Hall–Kier alpha value is -2.48. The van der Waals surface area contributed by atoms with Gasteiger partial charge in [0.2, 0.25) is 5.75 Å². The topological polar surface area (TPSA) is 87.5 Å². The second-order valence-electron chi connectivity index (χ2n) is 5.46. The highest BCUT2D eigenvalue weighted by atomic mass is 79.9. The number of carbonyl (C=O) groups is 2. The molecule has 3 rings (SSSR count). The fourth-order valence-electron chi connectivity index (χ4n) is 2.62. The van der Waals surface area contributed by atoms with Crippen molar-refractivity contribution in [3.05, 3.63) is 57.8 Å². The van der Waals surface area contributed by atoms with Crippen LogP contribution in [0.2, 0.25) is 0 Å². The molecule has 0 aliphatic carbocycles. The quantitative estimate of drug-likeness (QED) is 0.574. The number of hydrogen-bond donors (Lipinski definition) is 0. The highest BCUT2D eigenvalue weighted by molar-refractivity contribution is 9.09. The number of nitrogens with zero attached hydrogens (tertiary/aromatic N) is 2. The number of esters is 2. The zero-order valence-corrected chi connectivity index (χ0v) is 15.0. The molecule has 1 unspecified atom stereocenters. The van der Waals surface area contributed by atoms with Crippen LogP contribution < -0.4 is 10.3 Å². The van der Waals surface area contributed by atoms with E-state index in [4.69, 9.17) is 4.74 Å². The highest BCUT2D eigenvalue weighted by Gasteiger charge is 2.29. The Balaban J connectivity index is 2.10. The molecule has 2 aromatic rings. The number of carbonyl (C=O) groups excluding carboxylic acids is 2. The zero-order valence-electron chi connectivity index (χ0n) is 13.4. The summed E-state index contributed by atoms with van der Waals surface area (Å²) in [6.45, 7) is 0.445. The molecular weight excluding hydrogens is 392 g/mol. The Morgan fingerprint density at radius 1 is 1.24 bits per heavy atom. The minimum atomic E-state index is -0.832. The average molecular weight is 407 g/mol. The molecule has 0 N–H and O–H groups in total. The maximum absolute atomic E-state index is 12.8. The number of halogens is 1. The fraction of sp³-hybridized carbons (Fsp3) is 0.294. The van der Waals surface area contributed by atoms with E-state index in [9.17, 15) is 14.4 Å². The van der Waals surface area contributed by atoms with Crippen LogP contribution in [0, 0.1) is 0 Å². The van der Waals surface area contributed by atoms with E-state index >= 15 is 0 Å². The van der Waals surface area contributed by atoms with Crippen molar-refractivity contribution in [2.45, 2.75) is 24.2 Å². The molecule has 0 radical (unpaired) electrons. The van der Waals surface area contributed by atoms with Gasteiger partial charge in [-0.1, -0.05) is 34.1 Å². The summed E-state index contributed by atoms with van der Waals surface area (Å²) in [6, 6.07) is 8.20. The van der Waals surface area contributed by atoms with Crippen molar-refractivity contribution in [2.75, 3.05) is 7.11 Å². The number of alkyl halides is 1. The van der Waals surface area contributed by atoms with Gasteiger partial charge in [-0.25, -0.2) is 14.6 Å². The average Bonchev–Trinajstić information content (AvgIpc) is 2.64. The molecule has 1 atom stereocenters. The van der Waals surface area contributed by atoms with Crippen molar-refractivity contribution in [1.82, 2.24) is 9.55 Å². The number of hydrogen-bond acceptors (Lipinski definition) is 6. The van der Waals surface area contributed by atoms with Crippen LogP contribution in [0.3, 0.4) is 0 Å². The predicted molar refractivity (Wildman–Crippen MR) is 92.1 cm³/mol. The van der Waals surface area contributed by atoms with E-state index in [0.717, 1.165) is 12.8 Å². The zero-order chi connectivity index (χ0) is 18.0. The van der Waals surface area contributed by atoms with Crippen LogP contribution in [0.4, 0.5) is 0 Å². The van der Waals surface area contributed by atoms with Crippen LogP contribution >= 0.6 is 15.9 Å². The van der Waals surface area contributed by atoms with Crippen LogP contribution in [-0.4, -0.2) is 28.6 Å². The summed E-state index contributed by atoms with van der Waals surface area (Å²) in [4.78, 5) is 41.2. The van der Waals surface area contributed by atoms with Crippen molar-refractivity contribution >= 4 is 27.9 Å². The Labute approximate surface area is 151 Å². The molecule has 0 saturated heterocycles. The second-order valence-corrected chi connectivity index (χ2v) is 6.57. The smallest absolute Gasteiger partial charge is 0.360 e. The van der Waals surface area contributed by atoms with Gasteiger partial charge in [0.05, 0.1) is 17.5 Å². The number of methoxy groups -OCH3 is 1. The minimum Gasteiger partial charge on any atom is -0.464 e. The van der Waals surface area contributed by atoms with Crippen molar-refractivity contribution in [2.24, 2.45) is 0 Å². The first-order chi connectivity index (χ1) is 12.0. The molecule has 25 heavy (non-hydrogen) atoms. The predicted octanol–water partition coefficient (Wildman–Crippen LogP) is 2.48. The largest absolute Gasteiger partial charge is 0.464 e. The number of rotatable bonds is 3. The molecule has 1 aromatic carbocycles. The van der Waals surface area contributed by atoms with Gasteiger partial charge in [-0.05, 0) is 25.0 Å². The summed E-state index contributed by atoms with van der Waals surface area (Å²) < 4.78 is 11.3. The fourth-order valence-corrected chi connectivity index (χ4v) is 3.29. The Kier molecular flexibility index (Phi) is 4.98. The monoisotopic (exact) mass is 406 g/mol. The molecule has 7 nitrogen and oxygen atoms in total. The molecule has 0 spiro atoms. The lowest BCUT2D eigenvalue weighted by Crippen LogP contribution is -2.33. The van der Waals surface area contributed by atoms with Gasteiger partial charge in [0.1, 0.15) is 5.82 Å². The lowest BCUT2D eigenvalue weighted by Gasteiger charge is -2.23. The van der Waals surface area contributed by atoms with E-state index in [-0.39, 0.29) is 16.1 Å². The van der Waals surface area contributed by atoms with Gasteiger partial charge in [-0.3, -0.25) is 9.36 Å². The third kappa shape index (κ3) is 3.34. The molecular formula is C17H15BrN2O5. The molecule has 130 valence electrons. The summed E-state index contributed by atoms with van der Waals surface area (Å²) in [7, 11) is 1.18. The van der Waals surface area contributed by atoms with Crippen molar-refractivity contribution in [3.63, 3.8) is 0 Å². The first-order valence-electron chi connectivity index (χ1n) is 7.67. The first kappa shape index (κ1) is 17.3. The van der Waals surface area contributed by atoms with Crippen molar-refractivity contribution < 1.29 is 19.1 Å². The van der Waals surface area contributed by atoms with Crippen LogP contribution in [0.1, 0.15) is 44.3 Å². The third-order valence-corrected chi connectivity index (χ3v) is 4.73. The number of benzene rings is 1. The SMILES string of the molecule is COC(=O)c1nc2n(c(=O)c1OC(=O)c1ccccc1)CCCC2Br. The molecule has 1 aliphatic heterocycles. The Bertz CT molecular complexity index is 879. The lowest BCUT2D eigenvalue weighted by molar-refractivity contribution is 0.0583. The van der Waals surface area contributed by atoms with Crippen molar-refractivity contribution in [1.29, 1.82) is 0 Å². The third-order valence-electron chi connectivity index (χ3n) is 3.86. The van der Waals surface area contributed by atoms with Gasteiger partial charge >= 0.3 is 11.9 Å². The van der Waals surface area contributed by atoms with E-state index in [2.05, 4.69) is 25.7 Å². The van der Waals surface area contributed by atoms with Gasteiger partial charge in [-0.15, -0.1) is 0 Å². The number of ether oxygens (including phenoxy) is 2. The van der Waals surface area contributed by atoms with Crippen LogP contribution in [0.15, 0.2) is 35.1 Å². The molecule has 1 aromatic heterocycles. The van der Waals surface area contributed by atoms with E-state index in [1.54, 1.807) is 30.3 Å². The normalized spacial score (nSPS) is 16.0. The standard InChI is InChI=1S/C17H15BrN2O5/c1-24-17(23)12-13(25-16(22)10-6-3-2-4-7-10)15(21)20-9-5-8-11(18)14(20)19-12/h2-4,6-7,11H,5,8-9H2,1H3. The van der Waals surface area contributed by atoms with Gasteiger partial charge in [0.15, 0.2) is 5.69 Å². The summed E-state index contributed by atoms with van der Waals surface area (Å²) in [5.74, 6) is -1.56.